The number of rotatable bonds is 5. The molecule has 1 aromatic rings. The monoisotopic (exact) mass is 235 g/mol. The molecule has 1 aliphatic carbocycles. The zero-order valence-corrected chi connectivity index (χ0v) is 9.61. The highest BCUT2D eigenvalue weighted by atomic mass is 16.5. The summed E-state index contributed by atoms with van der Waals surface area (Å²) in [5, 5.41) is 5.62. The van der Waals surface area contributed by atoms with E-state index in [1.165, 1.54) is 0 Å². The van der Waals surface area contributed by atoms with Crippen LogP contribution in [-0.4, -0.2) is 25.2 Å². The molecule has 1 aliphatic rings. The van der Waals surface area contributed by atoms with Gasteiger partial charge in [0.05, 0.1) is 0 Å². The van der Waals surface area contributed by atoms with E-state index in [2.05, 4.69) is 10.6 Å². The van der Waals surface area contributed by atoms with Gasteiger partial charge in [-0.3, -0.25) is 0 Å². The number of nitrogens with two attached hydrogens (primary N) is 1. The second-order valence-corrected chi connectivity index (χ2v) is 4.04. The fourth-order valence-electron chi connectivity index (χ4n) is 1.42. The first-order valence-corrected chi connectivity index (χ1v) is 5.78. The molecule has 92 valence electrons. The first-order chi connectivity index (χ1) is 8.28. The van der Waals surface area contributed by atoms with Gasteiger partial charge < -0.3 is 21.1 Å². The van der Waals surface area contributed by atoms with Gasteiger partial charge in [-0.05, 0) is 25.0 Å². The van der Waals surface area contributed by atoms with E-state index in [0.29, 0.717) is 24.9 Å². The van der Waals surface area contributed by atoms with Crippen molar-refractivity contribution in [2.45, 2.75) is 18.9 Å². The molecule has 5 heteroatoms. The van der Waals surface area contributed by atoms with Crippen molar-refractivity contribution in [3.8, 4) is 5.75 Å². The average Bonchev–Trinajstić information content (AvgIpc) is 3.10. The van der Waals surface area contributed by atoms with Gasteiger partial charge in [-0.15, -0.1) is 0 Å². The molecule has 2 amide bonds. The number of carbonyl (C=O) groups is 1. The lowest BCUT2D eigenvalue weighted by Gasteiger charge is -2.09. The van der Waals surface area contributed by atoms with Crippen LogP contribution in [0, 0.1) is 0 Å². The summed E-state index contributed by atoms with van der Waals surface area (Å²) in [5.74, 6) is 0.708. The summed E-state index contributed by atoms with van der Waals surface area (Å²) in [7, 11) is 0. The van der Waals surface area contributed by atoms with Gasteiger partial charge >= 0.3 is 6.03 Å². The van der Waals surface area contributed by atoms with Crippen molar-refractivity contribution in [1.82, 2.24) is 5.32 Å². The van der Waals surface area contributed by atoms with E-state index in [-0.39, 0.29) is 6.03 Å². The fourth-order valence-corrected chi connectivity index (χ4v) is 1.42. The van der Waals surface area contributed by atoms with Gasteiger partial charge in [0.1, 0.15) is 12.4 Å². The van der Waals surface area contributed by atoms with Crippen LogP contribution in [0.1, 0.15) is 12.8 Å². The quantitative estimate of drug-likeness (QED) is 0.720. The summed E-state index contributed by atoms with van der Waals surface area (Å²) >= 11 is 0. The second kappa shape index (κ2) is 5.54. The third-order valence-electron chi connectivity index (χ3n) is 2.39. The number of benzene rings is 1. The smallest absolute Gasteiger partial charge is 0.319 e. The lowest BCUT2D eigenvalue weighted by atomic mass is 10.3. The maximum Gasteiger partial charge on any atom is 0.319 e. The van der Waals surface area contributed by atoms with Gasteiger partial charge in [0.2, 0.25) is 0 Å². The highest BCUT2D eigenvalue weighted by molar-refractivity contribution is 5.89. The molecule has 1 aromatic carbocycles. The lowest BCUT2D eigenvalue weighted by molar-refractivity contribution is 0.251. The van der Waals surface area contributed by atoms with Crippen molar-refractivity contribution in [3.63, 3.8) is 0 Å². The number of amides is 2. The fraction of sp³-hybridized carbons (Fsp3) is 0.417. The van der Waals surface area contributed by atoms with Crippen LogP contribution in [0.3, 0.4) is 0 Å². The molecule has 4 N–H and O–H groups in total. The van der Waals surface area contributed by atoms with E-state index < -0.39 is 0 Å². The van der Waals surface area contributed by atoms with Gasteiger partial charge in [-0.2, -0.15) is 0 Å². The first kappa shape index (κ1) is 11.7. The highest BCUT2D eigenvalue weighted by Gasteiger charge is 2.23. The Bertz CT molecular complexity index is 391. The molecule has 0 atom stereocenters. The van der Waals surface area contributed by atoms with E-state index in [1.807, 2.05) is 18.2 Å². The molecular formula is C12H17N3O2. The summed E-state index contributed by atoms with van der Waals surface area (Å²) in [6.07, 6.45) is 2.15. The van der Waals surface area contributed by atoms with Crippen LogP contribution in [0.15, 0.2) is 24.3 Å². The predicted octanol–water partition coefficient (Wildman–Crippen LogP) is 1.31. The van der Waals surface area contributed by atoms with Crippen molar-refractivity contribution >= 4 is 11.7 Å². The zero-order valence-electron chi connectivity index (χ0n) is 9.61. The Labute approximate surface area is 100 Å². The van der Waals surface area contributed by atoms with Crippen molar-refractivity contribution in [2.24, 2.45) is 5.73 Å². The normalized spacial score (nSPS) is 14.2. The molecule has 0 aliphatic heterocycles. The van der Waals surface area contributed by atoms with Gasteiger partial charge in [0.15, 0.2) is 0 Å². The third-order valence-corrected chi connectivity index (χ3v) is 2.39. The Kier molecular flexibility index (Phi) is 3.82. The Balaban J connectivity index is 1.87. The van der Waals surface area contributed by atoms with Crippen LogP contribution in [0.25, 0.3) is 0 Å². The molecule has 0 unspecified atom stereocenters. The Morgan fingerprint density at radius 1 is 1.47 bits per heavy atom. The summed E-state index contributed by atoms with van der Waals surface area (Å²) in [5.41, 5.74) is 6.07. The molecule has 2 rings (SSSR count). The standard InChI is InChI=1S/C12H17N3O2/c13-6-7-17-11-3-1-2-10(8-11)15-12(16)14-9-4-5-9/h1-3,8-9H,4-7,13H2,(H2,14,15,16). The number of carbonyl (C=O) groups excluding carboxylic acids is 1. The second-order valence-electron chi connectivity index (χ2n) is 4.04. The molecule has 1 saturated carbocycles. The molecule has 0 bridgehead atoms. The van der Waals surface area contributed by atoms with Crippen LogP contribution in [0.5, 0.6) is 5.75 Å². The summed E-state index contributed by atoms with van der Waals surface area (Å²) in [6.45, 7) is 0.942. The van der Waals surface area contributed by atoms with Gasteiger partial charge in [-0.25, -0.2) is 4.79 Å². The van der Waals surface area contributed by atoms with E-state index in [9.17, 15) is 4.79 Å². The molecule has 0 spiro atoms. The van der Waals surface area contributed by atoms with Crippen LogP contribution in [0.2, 0.25) is 0 Å². The van der Waals surface area contributed by atoms with Crippen LogP contribution < -0.4 is 21.1 Å². The minimum atomic E-state index is -0.163. The molecule has 17 heavy (non-hydrogen) atoms. The number of hydrogen-bond acceptors (Lipinski definition) is 3. The maximum absolute atomic E-state index is 11.5. The van der Waals surface area contributed by atoms with Gasteiger partial charge in [-0.1, -0.05) is 6.07 Å². The Hall–Kier alpha value is -1.75. The SMILES string of the molecule is NCCOc1cccc(NC(=O)NC2CC2)c1. The van der Waals surface area contributed by atoms with Gasteiger partial charge in [0, 0.05) is 24.3 Å². The molecule has 0 saturated heterocycles. The van der Waals surface area contributed by atoms with Crippen LogP contribution >= 0.6 is 0 Å². The summed E-state index contributed by atoms with van der Waals surface area (Å²) in [6, 6.07) is 7.46. The minimum Gasteiger partial charge on any atom is -0.492 e. The summed E-state index contributed by atoms with van der Waals surface area (Å²) < 4.78 is 5.37. The van der Waals surface area contributed by atoms with Crippen molar-refractivity contribution in [2.75, 3.05) is 18.5 Å². The summed E-state index contributed by atoms with van der Waals surface area (Å²) in [4.78, 5) is 11.5. The molecule has 0 aromatic heterocycles. The first-order valence-electron chi connectivity index (χ1n) is 5.78. The molecular weight excluding hydrogens is 218 g/mol. The predicted molar refractivity (Wildman–Crippen MR) is 66.2 cm³/mol. The molecule has 5 nitrogen and oxygen atoms in total. The number of anilines is 1. The van der Waals surface area contributed by atoms with Crippen LogP contribution in [0.4, 0.5) is 10.5 Å². The highest BCUT2D eigenvalue weighted by Crippen LogP contribution is 2.20. The van der Waals surface area contributed by atoms with E-state index in [4.69, 9.17) is 10.5 Å². The number of hydrogen-bond donors (Lipinski definition) is 3. The maximum atomic E-state index is 11.5. The molecule has 0 heterocycles. The Morgan fingerprint density at radius 2 is 2.29 bits per heavy atom. The number of urea groups is 1. The van der Waals surface area contributed by atoms with E-state index >= 15 is 0 Å². The minimum absolute atomic E-state index is 0.163. The van der Waals surface area contributed by atoms with Gasteiger partial charge in [0.25, 0.3) is 0 Å². The Morgan fingerprint density at radius 3 is 3.00 bits per heavy atom. The van der Waals surface area contributed by atoms with E-state index in [0.717, 1.165) is 18.5 Å². The third kappa shape index (κ3) is 3.96. The number of nitrogens with one attached hydrogen (secondary N) is 2. The van der Waals surface area contributed by atoms with Crippen molar-refractivity contribution in [3.05, 3.63) is 24.3 Å². The largest absolute Gasteiger partial charge is 0.492 e. The lowest BCUT2D eigenvalue weighted by Crippen LogP contribution is -2.30. The van der Waals surface area contributed by atoms with Crippen molar-refractivity contribution in [1.29, 1.82) is 0 Å². The molecule has 0 radical (unpaired) electrons. The van der Waals surface area contributed by atoms with E-state index in [1.54, 1.807) is 6.07 Å². The topological polar surface area (TPSA) is 76.4 Å². The average molecular weight is 235 g/mol. The van der Waals surface area contributed by atoms with Crippen molar-refractivity contribution < 1.29 is 9.53 Å². The van der Waals surface area contributed by atoms with Crippen LogP contribution in [-0.2, 0) is 0 Å². The molecule has 1 fully saturated rings. The number of ether oxygens (including phenoxy) is 1. The zero-order chi connectivity index (χ0) is 12.1.